The summed E-state index contributed by atoms with van der Waals surface area (Å²) in [5, 5.41) is 16.9. The SMILES string of the molecule is CCn1c(C(=O)NCC2CC2)nc2c(N[C@H]3CCN(C(O)C4CC4)C3)ncnc21. The molecule has 0 aromatic carbocycles. The second-order valence-corrected chi connectivity index (χ2v) is 8.60. The van der Waals surface area contributed by atoms with Gasteiger partial charge in [-0.3, -0.25) is 9.69 Å². The van der Waals surface area contributed by atoms with Crippen molar-refractivity contribution < 1.29 is 9.90 Å². The van der Waals surface area contributed by atoms with E-state index >= 15 is 0 Å². The van der Waals surface area contributed by atoms with Gasteiger partial charge in [0.2, 0.25) is 5.82 Å². The first-order chi connectivity index (χ1) is 14.1. The van der Waals surface area contributed by atoms with Crippen LogP contribution in [0.2, 0.25) is 0 Å². The lowest BCUT2D eigenvalue weighted by Crippen LogP contribution is -2.36. The Kier molecular flexibility index (Phi) is 4.87. The number of nitrogens with zero attached hydrogens (tertiary/aromatic N) is 5. The van der Waals surface area contributed by atoms with Crippen molar-refractivity contribution in [3.8, 4) is 0 Å². The maximum absolute atomic E-state index is 12.7. The van der Waals surface area contributed by atoms with Crippen LogP contribution in [0.25, 0.3) is 11.2 Å². The molecule has 156 valence electrons. The number of aryl methyl sites for hydroxylation is 1. The summed E-state index contributed by atoms with van der Waals surface area (Å²) >= 11 is 0. The number of likely N-dealkylation sites (tertiary alicyclic amines) is 1. The predicted molar refractivity (Wildman–Crippen MR) is 108 cm³/mol. The maximum atomic E-state index is 12.7. The van der Waals surface area contributed by atoms with Gasteiger partial charge in [0.05, 0.1) is 0 Å². The zero-order valence-corrected chi connectivity index (χ0v) is 16.8. The van der Waals surface area contributed by atoms with Gasteiger partial charge in [0, 0.05) is 32.2 Å². The Labute approximate surface area is 169 Å². The molecule has 3 heterocycles. The minimum Gasteiger partial charge on any atom is -0.378 e. The monoisotopic (exact) mass is 399 g/mol. The number of aromatic nitrogens is 4. The first-order valence-corrected chi connectivity index (χ1v) is 10.8. The number of hydrogen-bond donors (Lipinski definition) is 3. The highest BCUT2D eigenvalue weighted by Gasteiger charge is 2.37. The van der Waals surface area contributed by atoms with E-state index in [2.05, 4.69) is 30.5 Å². The summed E-state index contributed by atoms with van der Waals surface area (Å²) in [6.07, 6.45) is 6.78. The van der Waals surface area contributed by atoms with Gasteiger partial charge in [0.1, 0.15) is 12.6 Å². The van der Waals surface area contributed by atoms with Crippen LogP contribution >= 0.6 is 0 Å². The van der Waals surface area contributed by atoms with E-state index < -0.39 is 0 Å². The fourth-order valence-corrected chi connectivity index (χ4v) is 4.18. The van der Waals surface area contributed by atoms with Gasteiger partial charge < -0.3 is 20.3 Å². The average molecular weight is 399 g/mol. The molecule has 3 aliphatic rings. The third kappa shape index (κ3) is 3.81. The van der Waals surface area contributed by atoms with Crippen LogP contribution in [-0.2, 0) is 6.54 Å². The van der Waals surface area contributed by atoms with E-state index in [1.165, 1.54) is 19.2 Å². The number of hydrogen-bond acceptors (Lipinski definition) is 7. The molecule has 9 heteroatoms. The first kappa shape index (κ1) is 18.7. The summed E-state index contributed by atoms with van der Waals surface area (Å²) in [5.74, 6) is 1.96. The number of aliphatic hydroxyl groups excluding tert-OH is 1. The smallest absolute Gasteiger partial charge is 0.287 e. The summed E-state index contributed by atoms with van der Waals surface area (Å²) in [4.78, 5) is 28.2. The molecule has 1 aliphatic heterocycles. The molecule has 2 atom stereocenters. The van der Waals surface area contributed by atoms with Crippen molar-refractivity contribution in [2.45, 2.75) is 57.8 Å². The predicted octanol–water partition coefficient (Wildman–Crippen LogP) is 1.20. The number of fused-ring (bicyclic) bond motifs is 1. The van der Waals surface area contributed by atoms with Crippen LogP contribution in [0.5, 0.6) is 0 Å². The van der Waals surface area contributed by atoms with Gasteiger partial charge in [-0.2, -0.15) is 0 Å². The molecular formula is C20H29N7O2. The Morgan fingerprint density at radius 3 is 2.83 bits per heavy atom. The van der Waals surface area contributed by atoms with Crippen LogP contribution in [0.15, 0.2) is 6.33 Å². The van der Waals surface area contributed by atoms with Crippen LogP contribution < -0.4 is 10.6 Å². The van der Waals surface area contributed by atoms with Gasteiger partial charge in [0.15, 0.2) is 17.0 Å². The molecule has 0 spiro atoms. The highest BCUT2D eigenvalue weighted by molar-refractivity contribution is 5.96. The van der Waals surface area contributed by atoms with Gasteiger partial charge in [0.25, 0.3) is 5.91 Å². The number of imidazole rings is 1. The molecule has 2 aliphatic carbocycles. The molecule has 2 aromatic heterocycles. The minimum atomic E-state index is -0.326. The van der Waals surface area contributed by atoms with Crippen molar-refractivity contribution in [2.75, 3.05) is 25.0 Å². The van der Waals surface area contributed by atoms with Crippen LogP contribution in [0.3, 0.4) is 0 Å². The van der Waals surface area contributed by atoms with Crippen LogP contribution in [0.4, 0.5) is 5.82 Å². The fraction of sp³-hybridized carbons (Fsp3) is 0.700. The normalized spacial score (nSPS) is 23.4. The second-order valence-electron chi connectivity index (χ2n) is 8.60. The summed E-state index contributed by atoms with van der Waals surface area (Å²) in [7, 11) is 0. The van der Waals surface area contributed by atoms with Gasteiger partial charge in [-0.15, -0.1) is 0 Å². The fourth-order valence-electron chi connectivity index (χ4n) is 4.18. The molecule has 5 rings (SSSR count). The summed E-state index contributed by atoms with van der Waals surface area (Å²) in [6.45, 7) is 4.98. The molecule has 29 heavy (non-hydrogen) atoms. The molecule has 3 N–H and O–H groups in total. The minimum absolute atomic E-state index is 0.151. The molecule has 1 unspecified atom stereocenters. The third-order valence-electron chi connectivity index (χ3n) is 6.28. The highest BCUT2D eigenvalue weighted by atomic mass is 16.3. The van der Waals surface area contributed by atoms with Gasteiger partial charge in [-0.05, 0) is 50.9 Å². The Morgan fingerprint density at radius 1 is 1.28 bits per heavy atom. The van der Waals surface area contributed by atoms with Crippen LogP contribution in [0.1, 0.15) is 49.6 Å². The number of carbonyl (C=O) groups excluding carboxylic acids is 1. The lowest BCUT2D eigenvalue weighted by molar-refractivity contribution is 0.00239. The molecular weight excluding hydrogens is 370 g/mol. The standard InChI is InChI=1S/C20H29N7O2/c1-2-27-17-15(25-18(27)19(28)21-9-12-3-4-12)16(22-11-23-17)24-14-7-8-26(10-14)20(29)13-5-6-13/h11-14,20,29H,2-10H2,1H3,(H,21,28)(H,22,23,24)/t14-,20?/m0/s1. The Hall–Kier alpha value is -2.26. The summed E-state index contributed by atoms with van der Waals surface area (Å²) in [5.41, 5.74) is 1.31. The topological polar surface area (TPSA) is 108 Å². The quantitative estimate of drug-likeness (QED) is 0.612. The van der Waals surface area contributed by atoms with Gasteiger partial charge in [-0.1, -0.05) is 0 Å². The molecule has 9 nitrogen and oxygen atoms in total. The van der Waals surface area contributed by atoms with E-state index in [0.29, 0.717) is 47.7 Å². The van der Waals surface area contributed by atoms with Crippen molar-refractivity contribution in [1.82, 2.24) is 29.7 Å². The Balaban J connectivity index is 1.34. The lowest BCUT2D eigenvalue weighted by atomic mass is 10.2. The molecule has 0 radical (unpaired) electrons. The zero-order chi connectivity index (χ0) is 20.0. The molecule has 1 saturated heterocycles. The number of aliphatic hydroxyl groups is 1. The number of anilines is 1. The highest BCUT2D eigenvalue weighted by Crippen LogP contribution is 2.35. The van der Waals surface area contributed by atoms with Crippen molar-refractivity contribution in [1.29, 1.82) is 0 Å². The first-order valence-electron chi connectivity index (χ1n) is 10.8. The van der Waals surface area contributed by atoms with Crippen molar-refractivity contribution in [3.05, 3.63) is 12.2 Å². The Bertz CT molecular complexity index is 906. The molecule has 1 amide bonds. The third-order valence-corrected chi connectivity index (χ3v) is 6.28. The van der Waals surface area contributed by atoms with Crippen molar-refractivity contribution >= 4 is 22.9 Å². The van der Waals surface area contributed by atoms with E-state index in [4.69, 9.17) is 0 Å². The molecule has 2 aromatic rings. The Morgan fingerprint density at radius 2 is 2.10 bits per heavy atom. The summed E-state index contributed by atoms with van der Waals surface area (Å²) < 4.78 is 1.85. The van der Waals surface area contributed by atoms with E-state index in [9.17, 15) is 9.90 Å². The number of carbonyl (C=O) groups is 1. The van der Waals surface area contributed by atoms with E-state index in [1.54, 1.807) is 0 Å². The number of nitrogens with one attached hydrogen (secondary N) is 2. The zero-order valence-electron chi connectivity index (χ0n) is 16.8. The van der Waals surface area contributed by atoms with Crippen LogP contribution in [-0.4, -0.2) is 67.3 Å². The molecule has 2 saturated carbocycles. The van der Waals surface area contributed by atoms with E-state index in [1.807, 2.05) is 11.5 Å². The maximum Gasteiger partial charge on any atom is 0.287 e. The second kappa shape index (κ2) is 7.53. The van der Waals surface area contributed by atoms with Crippen molar-refractivity contribution in [2.24, 2.45) is 11.8 Å². The van der Waals surface area contributed by atoms with Crippen LogP contribution in [0, 0.1) is 11.8 Å². The van der Waals surface area contributed by atoms with E-state index in [-0.39, 0.29) is 18.2 Å². The summed E-state index contributed by atoms with van der Waals surface area (Å²) in [6, 6.07) is 0.195. The molecule has 3 fully saturated rings. The lowest BCUT2D eigenvalue weighted by Gasteiger charge is -2.22. The van der Waals surface area contributed by atoms with E-state index in [0.717, 1.165) is 32.4 Å². The van der Waals surface area contributed by atoms with Crippen molar-refractivity contribution in [3.63, 3.8) is 0 Å². The number of rotatable bonds is 8. The molecule has 0 bridgehead atoms. The number of amides is 1. The average Bonchev–Trinajstić information content (AvgIpc) is 3.65. The van der Waals surface area contributed by atoms with Gasteiger partial charge >= 0.3 is 0 Å². The largest absolute Gasteiger partial charge is 0.378 e. The van der Waals surface area contributed by atoms with Gasteiger partial charge in [-0.25, -0.2) is 15.0 Å².